The molecular weight excluding hydrogens is 226 g/mol. The molecule has 0 bridgehead atoms. The standard InChI is InChI=1S/C15H23NO2/c1-15(9-3-10-18-15)14(16)13-6-4-12(5-7-13)8-11-17-2/h4-7,14H,3,8-11,16H2,1-2H3. The summed E-state index contributed by atoms with van der Waals surface area (Å²) < 4.78 is 10.9. The monoisotopic (exact) mass is 249 g/mol. The molecule has 2 N–H and O–H groups in total. The zero-order valence-corrected chi connectivity index (χ0v) is 11.3. The van der Waals surface area contributed by atoms with Crippen LogP contribution in [0.15, 0.2) is 24.3 Å². The summed E-state index contributed by atoms with van der Waals surface area (Å²) in [4.78, 5) is 0. The Morgan fingerprint density at radius 1 is 1.39 bits per heavy atom. The van der Waals surface area contributed by atoms with Crippen molar-refractivity contribution in [3.05, 3.63) is 35.4 Å². The van der Waals surface area contributed by atoms with Crippen LogP contribution in [0.5, 0.6) is 0 Å². The van der Waals surface area contributed by atoms with Crippen molar-refractivity contribution in [2.24, 2.45) is 5.73 Å². The fraction of sp³-hybridized carbons (Fsp3) is 0.600. The molecule has 2 unspecified atom stereocenters. The van der Waals surface area contributed by atoms with E-state index in [-0.39, 0.29) is 11.6 Å². The van der Waals surface area contributed by atoms with Gasteiger partial charge in [-0.3, -0.25) is 0 Å². The van der Waals surface area contributed by atoms with Gasteiger partial charge in [0.25, 0.3) is 0 Å². The van der Waals surface area contributed by atoms with Gasteiger partial charge in [-0.05, 0) is 37.3 Å². The van der Waals surface area contributed by atoms with E-state index in [1.165, 1.54) is 5.56 Å². The molecule has 1 heterocycles. The van der Waals surface area contributed by atoms with Crippen molar-refractivity contribution in [1.29, 1.82) is 0 Å². The van der Waals surface area contributed by atoms with Crippen LogP contribution in [0.1, 0.15) is 36.9 Å². The van der Waals surface area contributed by atoms with E-state index in [9.17, 15) is 0 Å². The number of hydrogen-bond donors (Lipinski definition) is 1. The van der Waals surface area contributed by atoms with Gasteiger partial charge in [0.2, 0.25) is 0 Å². The molecule has 1 saturated heterocycles. The van der Waals surface area contributed by atoms with Crippen LogP contribution in [-0.2, 0) is 15.9 Å². The third-order valence-electron chi connectivity index (χ3n) is 3.84. The molecule has 1 aromatic rings. The lowest BCUT2D eigenvalue weighted by molar-refractivity contribution is -0.00174. The number of ether oxygens (including phenoxy) is 2. The summed E-state index contributed by atoms with van der Waals surface area (Å²) in [5.41, 5.74) is 8.57. The molecule has 1 aliphatic heterocycles. The van der Waals surface area contributed by atoms with Crippen LogP contribution in [0.25, 0.3) is 0 Å². The summed E-state index contributed by atoms with van der Waals surface area (Å²) in [7, 11) is 1.72. The molecule has 0 radical (unpaired) electrons. The Morgan fingerprint density at radius 3 is 2.67 bits per heavy atom. The Kier molecular flexibility index (Phi) is 4.38. The lowest BCUT2D eigenvalue weighted by Gasteiger charge is -2.30. The van der Waals surface area contributed by atoms with Gasteiger partial charge in [0.05, 0.1) is 18.2 Å². The van der Waals surface area contributed by atoms with Gasteiger partial charge in [0, 0.05) is 13.7 Å². The Hall–Kier alpha value is -0.900. The van der Waals surface area contributed by atoms with Crippen LogP contribution >= 0.6 is 0 Å². The van der Waals surface area contributed by atoms with Crippen molar-refractivity contribution >= 4 is 0 Å². The fourth-order valence-electron chi connectivity index (χ4n) is 2.51. The minimum atomic E-state index is -0.200. The van der Waals surface area contributed by atoms with E-state index in [1.807, 2.05) is 0 Å². The molecule has 0 spiro atoms. The van der Waals surface area contributed by atoms with Crippen molar-refractivity contribution in [2.75, 3.05) is 20.3 Å². The van der Waals surface area contributed by atoms with E-state index >= 15 is 0 Å². The molecule has 3 nitrogen and oxygen atoms in total. The summed E-state index contributed by atoms with van der Waals surface area (Å²) in [6.45, 7) is 3.70. The van der Waals surface area contributed by atoms with Crippen molar-refractivity contribution < 1.29 is 9.47 Å². The zero-order chi connectivity index (χ0) is 13.0. The Bertz CT molecular complexity index is 369. The van der Waals surface area contributed by atoms with Gasteiger partial charge in [0.1, 0.15) is 0 Å². The predicted molar refractivity (Wildman–Crippen MR) is 72.5 cm³/mol. The average molecular weight is 249 g/mol. The highest BCUT2D eigenvalue weighted by Crippen LogP contribution is 2.35. The van der Waals surface area contributed by atoms with E-state index in [1.54, 1.807) is 7.11 Å². The van der Waals surface area contributed by atoms with Gasteiger partial charge in [-0.1, -0.05) is 24.3 Å². The molecule has 0 saturated carbocycles. The second-order valence-electron chi connectivity index (χ2n) is 5.23. The summed E-state index contributed by atoms with van der Waals surface area (Å²) in [6, 6.07) is 8.45. The minimum absolute atomic E-state index is 0.0449. The first kappa shape index (κ1) is 13.5. The molecule has 2 atom stereocenters. The SMILES string of the molecule is COCCc1ccc(C(N)C2(C)CCCO2)cc1. The van der Waals surface area contributed by atoms with Gasteiger partial charge >= 0.3 is 0 Å². The quantitative estimate of drug-likeness (QED) is 0.871. The zero-order valence-electron chi connectivity index (χ0n) is 11.3. The highest BCUT2D eigenvalue weighted by Gasteiger charge is 2.36. The molecule has 0 aromatic heterocycles. The first-order valence-electron chi connectivity index (χ1n) is 6.63. The van der Waals surface area contributed by atoms with Gasteiger partial charge in [-0.25, -0.2) is 0 Å². The highest BCUT2D eigenvalue weighted by molar-refractivity contribution is 5.27. The maximum atomic E-state index is 6.34. The average Bonchev–Trinajstić information content (AvgIpc) is 2.84. The van der Waals surface area contributed by atoms with E-state index in [4.69, 9.17) is 15.2 Å². The normalized spacial score (nSPS) is 25.3. The first-order valence-corrected chi connectivity index (χ1v) is 6.63. The molecule has 0 aliphatic carbocycles. The van der Waals surface area contributed by atoms with Gasteiger partial charge < -0.3 is 15.2 Å². The van der Waals surface area contributed by atoms with Crippen molar-refractivity contribution in [3.8, 4) is 0 Å². The third kappa shape index (κ3) is 2.91. The lowest BCUT2D eigenvalue weighted by atomic mass is 9.88. The second kappa shape index (κ2) is 5.83. The number of rotatable bonds is 5. The predicted octanol–water partition coefficient (Wildman–Crippen LogP) is 2.44. The van der Waals surface area contributed by atoms with E-state index in [0.29, 0.717) is 0 Å². The molecule has 2 rings (SSSR count). The van der Waals surface area contributed by atoms with Crippen LogP contribution in [-0.4, -0.2) is 25.9 Å². The maximum Gasteiger partial charge on any atom is 0.0847 e. The van der Waals surface area contributed by atoms with Crippen LogP contribution in [0.3, 0.4) is 0 Å². The van der Waals surface area contributed by atoms with E-state index < -0.39 is 0 Å². The third-order valence-corrected chi connectivity index (χ3v) is 3.84. The highest BCUT2D eigenvalue weighted by atomic mass is 16.5. The van der Waals surface area contributed by atoms with Gasteiger partial charge in [-0.2, -0.15) is 0 Å². The first-order chi connectivity index (χ1) is 8.65. The number of hydrogen-bond acceptors (Lipinski definition) is 3. The van der Waals surface area contributed by atoms with Crippen LogP contribution in [0, 0.1) is 0 Å². The summed E-state index contributed by atoms with van der Waals surface area (Å²) >= 11 is 0. The molecule has 1 aromatic carbocycles. The summed E-state index contributed by atoms with van der Waals surface area (Å²) in [5.74, 6) is 0. The van der Waals surface area contributed by atoms with Gasteiger partial charge in [0.15, 0.2) is 0 Å². The van der Waals surface area contributed by atoms with Crippen molar-refractivity contribution in [1.82, 2.24) is 0 Å². The number of benzene rings is 1. The molecule has 0 amide bonds. The van der Waals surface area contributed by atoms with Crippen molar-refractivity contribution in [2.45, 2.75) is 37.8 Å². The Labute approximate surface area is 109 Å². The number of nitrogens with two attached hydrogens (primary N) is 1. The molecular formula is C15H23NO2. The second-order valence-corrected chi connectivity index (χ2v) is 5.23. The van der Waals surface area contributed by atoms with Gasteiger partial charge in [-0.15, -0.1) is 0 Å². The fourth-order valence-corrected chi connectivity index (χ4v) is 2.51. The topological polar surface area (TPSA) is 44.5 Å². The lowest BCUT2D eigenvalue weighted by Crippen LogP contribution is -2.37. The molecule has 100 valence electrons. The summed E-state index contributed by atoms with van der Waals surface area (Å²) in [6.07, 6.45) is 3.09. The molecule has 1 aliphatic rings. The van der Waals surface area contributed by atoms with Crippen LogP contribution < -0.4 is 5.73 Å². The van der Waals surface area contributed by atoms with Crippen LogP contribution in [0.2, 0.25) is 0 Å². The maximum absolute atomic E-state index is 6.34. The van der Waals surface area contributed by atoms with Crippen molar-refractivity contribution in [3.63, 3.8) is 0 Å². The van der Waals surface area contributed by atoms with Crippen LogP contribution in [0.4, 0.5) is 0 Å². The largest absolute Gasteiger partial charge is 0.384 e. The minimum Gasteiger partial charge on any atom is -0.384 e. The Morgan fingerprint density at radius 2 is 2.11 bits per heavy atom. The summed E-state index contributed by atoms with van der Waals surface area (Å²) in [5, 5.41) is 0. The Balaban J connectivity index is 2.04. The number of methoxy groups -OCH3 is 1. The van der Waals surface area contributed by atoms with E-state index in [2.05, 4.69) is 31.2 Å². The smallest absolute Gasteiger partial charge is 0.0847 e. The molecule has 1 fully saturated rings. The molecule has 3 heteroatoms. The molecule has 18 heavy (non-hydrogen) atoms. The van der Waals surface area contributed by atoms with E-state index in [0.717, 1.165) is 38.0 Å².